The lowest BCUT2D eigenvalue weighted by Gasteiger charge is -2.19. The number of carbonyl (C=O) groups excluding carboxylic acids is 2. The summed E-state index contributed by atoms with van der Waals surface area (Å²) in [5, 5.41) is 0. The predicted molar refractivity (Wildman–Crippen MR) is 237 cm³/mol. The van der Waals surface area contributed by atoms with E-state index in [9.17, 15) is 19.0 Å². The van der Waals surface area contributed by atoms with E-state index in [2.05, 4.69) is 129 Å². The molecule has 0 saturated carbocycles. The van der Waals surface area contributed by atoms with Crippen LogP contribution in [0.3, 0.4) is 0 Å². The quantitative estimate of drug-likeness (QED) is 0.0272. The van der Waals surface area contributed by atoms with E-state index in [0.29, 0.717) is 19.3 Å². The Morgan fingerprint density at radius 3 is 1.37 bits per heavy atom. The first kappa shape index (κ1) is 53.4. The van der Waals surface area contributed by atoms with Gasteiger partial charge in [-0.05, 0) is 96.3 Å². The first-order chi connectivity index (χ1) is 27.8. The van der Waals surface area contributed by atoms with Gasteiger partial charge in [0.2, 0.25) is 0 Å². The van der Waals surface area contributed by atoms with E-state index in [-0.39, 0.29) is 32.6 Å². The van der Waals surface area contributed by atoms with Gasteiger partial charge < -0.3 is 20.1 Å². The van der Waals surface area contributed by atoms with E-state index in [1.54, 1.807) is 0 Å². The van der Waals surface area contributed by atoms with E-state index in [0.717, 1.165) is 83.5 Å². The van der Waals surface area contributed by atoms with E-state index < -0.39 is 32.5 Å². The van der Waals surface area contributed by atoms with Crippen LogP contribution in [0.5, 0.6) is 0 Å². The maximum absolute atomic E-state index is 12.6. The molecule has 0 aromatic carbocycles. The number of esters is 2. The molecule has 0 amide bonds. The second-order valence-corrected chi connectivity index (χ2v) is 14.5. The molecule has 0 heterocycles. The summed E-state index contributed by atoms with van der Waals surface area (Å²) in [6, 6.07) is 0. The summed E-state index contributed by atoms with van der Waals surface area (Å²) in [5.41, 5.74) is 5.34. The molecule has 0 spiro atoms. The SMILES string of the molecule is CC/C=C/C/C=C/C/C=C/C/C=C/C/C=C/CCCCCC(=O)OC[C@H](COP(=O)(O)OCCN)OC(=O)CCC/C=C/C/C=C/C/C=C/C/C=C/C/C=C/CC. The first-order valence-corrected chi connectivity index (χ1v) is 22.5. The van der Waals surface area contributed by atoms with Crippen LogP contribution >= 0.6 is 7.82 Å². The third-order valence-electron chi connectivity index (χ3n) is 7.84. The summed E-state index contributed by atoms with van der Waals surface area (Å²) < 4.78 is 32.7. The zero-order chi connectivity index (χ0) is 41.8. The van der Waals surface area contributed by atoms with Crippen LogP contribution in [0.15, 0.2) is 122 Å². The minimum absolute atomic E-state index is 0.0319. The molecule has 2 atom stereocenters. The molecule has 1 unspecified atom stereocenters. The number of carbonyl (C=O) groups is 2. The topological polar surface area (TPSA) is 134 Å². The summed E-state index contributed by atoms with van der Waals surface area (Å²) in [6.07, 6.45) is 56.6. The second-order valence-electron chi connectivity index (χ2n) is 13.1. The number of hydrogen-bond acceptors (Lipinski definition) is 8. The Morgan fingerprint density at radius 2 is 0.930 bits per heavy atom. The number of unbranched alkanes of at least 4 members (excludes halogenated alkanes) is 4. The molecule has 9 nitrogen and oxygen atoms in total. The molecule has 0 aromatic rings. The zero-order valence-electron chi connectivity index (χ0n) is 35.0. The summed E-state index contributed by atoms with van der Waals surface area (Å²) in [5.74, 6) is -0.950. The normalized spacial score (nSPS) is 14.5. The number of allylic oxidation sites excluding steroid dienone is 20. The van der Waals surface area contributed by atoms with Gasteiger partial charge >= 0.3 is 19.8 Å². The van der Waals surface area contributed by atoms with Crippen molar-refractivity contribution in [1.82, 2.24) is 0 Å². The maximum atomic E-state index is 12.6. The van der Waals surface area contributed by atoms with E-state index in [4.69, 9.17) is 24.3 Å². The van der Waals surface area contributed by atoms with Crippen molar-refractivity contribution in [3.05, 3.63) is 122 Å². The van der Waals surface area contributed by atoms with Crippen LogP contribution in [0.4, 0.5) is 0 Å². The Bertz CT molecular complexity index is 1340. The number of phosphoric acid groups is 1. The monoisotopic (exact) mass is 812 g/mol. The van der Waals surface area contributed by atoms with Crippen molar-refractivity contribution in [2.75, 3.05) is 26.4 Å². The standard InChI is InChI=1S/C47H74NO8P/c1-3-5-7-9-11-13-15-17-19-21-22-24-25-27-29-31-33-35-37-39-46(49)53-43-45(44-55-57(51,52)54-42-41-48)56-47(50)40-38-36-34-32-30-28-26-23-20-18-16-14-12-10-8-6-4-2/h5-8,11-14,17-20,22,24,26-29,32,34,45H,3-4,9-10,15-16,21,23,25,30-31,33,35-44,48H2,1-2H3,(H,51,52)/b7-5+,8-6+,13-11+,14-12+,19-17+,20-18+,24-22+,28-26+,29-27+,34-32+/t45-/m1/s1. The fraction of sp³-hybridized carbons (Fsp3) is 0.532. The molecule has 0 aliphatic heterocycles. The van der Waals surface area contributed by atoms with Crippen molar-refractivity contribution in [3.63, 3.8) is 0 Å². The molecule has 320 valence electrons. The molecular weight excluding hydrogens is 737 g/mol. The predicted octanol–water partition coefficient (Wildman–Crippen LogP) is 12.2. The Kier molecular flexibility index (Phi) is 39.4. The number of ether oxygens (including phenoxy) is 2. The fourth-order valence-electron chi connectivity index (χ4n) is 4.81. The highest BCUT2D eigenvalue weighted by Gasteiger charge is 2.25. The molecule has 57 heavy (non-hydrogen) atoms. The summed E-state index contributed by atoms with van der Waals surface area (Å²) in [7, 11) is -4.41. The third kappa shape index (κ3) is 41.9. The average molecular weight is 812 g/mol. The molecule has 0 aromatic heterocycles. The average Bonchev–Trinajstić information content (AvgIpc) is 3.20. The summed E-state index contributed by atoms with van der Waals surface area (Å²) >= 11 is 0. The molecular formula is C47H74NO8P. The van der Waals surface area contributed by atoms with Gasteiger partial charge in [0.1, 0.15) is 6.61 Å². The number of rotatable bonds is 37. The smallest absolute Gasteiger partial charge is 0.462 e. The van der Waals surface area contributed by atoms with Gasteiger partial charge in [-0.1, -0.05) is 142 Å². The molecule has 0 aliphatic rings. The van der Waals surface area contributed by atoms with Crippen molar-refractivity contribution in [2.45, 2.75) is 136 Å². The van der Waals surface area contributed by atoms with E-state index in [1.807, 2.05) is 6.08 Å². The lowest BCUT2D eigenvalue weighted by molar-refractivity contribution is -0.161. The Balaban J connectivity index is 4.36. The van der Waals surface area contributed by atoms with Crippen molar-refractivity contribution in [2.24, 2.45) is 5.73 Å². The highest BCUT2D eigenvalue weighted by Crippen LogP contribution is 2.43. The molecule has 0 fully saturated rings. The van der Waals surface area contributed by atoms with Gasteiger partial charge in [0, 0.05) is 19.4 Å². The molecule has 0 saturated heterocycles. The van der Waals surface area contributed by atoms with Crippen LogP contribution in [-0.4, -0.2) is 49.3 Å². The van der Waals surface area contributed by atoms with Crippen LogP contribution in [-0.2, 0) is 32.7 Å². The molecule has 0 bridgehead atoms. The van der Waals surface area contributed by atoms with Gasteiger partial charge in [-0.25, -0.2) is 4.57 Å². The van der Waals surface area contributed by atoms with E-state index >= 15 is 0 Å². The van der Waals surface area contributed by atoms with Gasteiger partial charge in [0.05, 0.1) is 13.2 Å². The fourth-order valence-corrected chi connectivity index (χ4v) is 5.58. The molecule has 0 aliphatic carbocycles. The highest BCUT2D eigenvalue weighted by atomic mass is 31.2. The minimum atomic E-state index is -4.41. The van der Waals surface area contributed by atoms with Gasteiger partial charge in [0.15, 0.2) is 6.10 Å². The van der Waals surface area contributed by atoms with Crippen LogP contribution < -0.4 is 5.73 Å². The Morgan fingerprint density at radius 1 is 0.526 bits per heavy atom. The third-order valence-corrected chi connectivity index (χ3v) is 8.83. The van der Waals surface area contributed by atoms with Crippen molar-refractivity contribution < 1.29 is 37.6 Å². The largest absolute Gasteiger partial charge is 0.472 e. The van der Waals surface area contributed by atoms with Crippen molar-refractivity contribution >= 4 is 19.8 Å². The zero-order valence-corrected chi connectivity index (χ0v) is 35.9. The summed E-state index contributed by atoms with van der Waals surface area (Å²) in [6.45, 7) is 3.36. The van der Waals surface area contributed by atoms with Crippen LogP contribution in [0.2, 0.25) is 0 Å². The lowest BCUT2D eigenvalue weighted by atomic mass is 10.1. The minimum Gasteiger partial charge on any atom is -0.462 e. The molecule has 0 radical (unpaired) electrons. The second kappa shape index (κ2) is 42.0. The number of phosphoric ester groups is 1. The van der Waals surface area contributed by atoms with Gasteiger partial charge in [-0.15, -0.1) is 0 Å². The number of nitrogens with two attached hydrogens (primary N) is 1. The molecule has 0 rings (SSSR count). The molecule has 3 N–H and O–H groups in total. The highest BCUT2D eigenvalue weighted by molar-refractivity contribution is 7.47. The Hall–Kier alpha value is -3.59. The van der Waals surface area contributed by atoms with Gasteiger partial charge in [0.25, 0.3) is 0 Å². The van der Waals surface area contributed by atoms with Crippen LogP contribution in [0, 0.1) is 0 Å². The van der Waals surface area contributed by atoms with Crippen LogP contribution in [0.25, 0.3) is 0 Å². The van der Waals surface area contributed by atoms with Crippen molar-refractivity contribution in [1.29, 1.82) is 0 Å². The number of hydrogen-bond donors (Lipinski definition) is 2. The first-order valence-electron chi connectivity index (χ1n) is 21.0. The maximum Gasteiger partial charge on any atom is 0.472 e. The van der Waals surface area contributed by atoms with Gasteiger partial charge in [-0.2, -0.15) is 0 Å². The van der Waals surface area contributed by atoms with E-state index in [1.165, 1.54) is 0 Å². The van der Waals surface area contributed by atoms with Gasteiger partial charge in [-0.3, -0.25) is 18.6 Å². The Labute approximate surface area is 345 Å². The van der Waals surface area contributed by atoms with Crippen LogP contribution in [0.1, 0.15) is 129 Å². The summed E-state index contributed by atoms with van der Waals surface area (Å²) in [4.78, 5) is 34.8. The molecule has 10 heteroatoms. The van der Waals surface area contributed by atoms with Crippen molar-refractivity contribution in [3.8, 4) is 0 Å². The lowest BCUT2D eigenvalue weighted by Crippen LogP contribution is -2.29.